The number of ether oxygens (including phenoxy) is 1. The lowest BCUT2D eigenvalue weighted by molar-refractivity contribution is -0.137. The maximum absolute atomic E-state index is 11.9. The Labute approximate surface area is 139 Å². The first kappa shape index (κ1) is 17.0. The maximum atomic E-state index is 11.9. The number of hydrogen-bond donors (Lipinski definition) is 2. The van der Waals surface area contributed by atoms with Gasteiger partial charge in [-0.25, -0.2) is 4.79 Å². The number of carboxylic acid groups (broad SMARTS) is 1. The van der Waals surface area contributed by atoms with Crippen LogP contribution in [-0.4, -0.2) is 17.2 Å². The summed E-state index contributed by atoms with van der Waals surface area (Å²) in [5.41, 5.74) is 1.88. The van der Waals surface area contributed by atoms with Crippen LogP contribution in [0.1, 0.15) is 29.2 Å². The minimum absolute atomic E-state index is 0.0971. The van der Waals surface area contributed by atoms with Gasteiger partial charge in [0.25, 0.3) is 0 Å². The summed E-state index contributed by atoms with van der Waals surface area (Å²) in [7, 11) is 0. The molecule has 6 heteroatoms. The molecule has 122 valence electrons. The van der Waals surface area contributed by atoms with Gasteiger partial charge in [0.05, 0.1) is 24.1 Å². The van der Waals surface area contributed by atoms with Gasteiger partial charge in [-0.2, -0.15) is 5.26 Å². The van der Waals surface area contributed by atoms with E-state index in [1.165, 1.54) is 0 Å². The quantitative estimate of drug-likeness (QED) is 0.851. The van der Waals surface area contributed by atoms with Crippen molar-refractivity contribution in [2.24, 2.45) is 0 Å². The molecule has 0 saturated heterocycles. The lowest BCUT2D eigenvalue weighted by atomic mass is 10.0. The van der Waals surface area contributed by atoms with Crippen molar-refractivity contribution in [1.82, 2.24) is 5.32 Å². The third kappa shape index (κ3) is 5.14. The van der Waals surface area contributed by atoms with Gasteiger partial charge in [0, 0.05) is 0 Å². The summed E-state index contributed by atoms with van der Waals surface area (Å²) in [6, 6.07) is 16.8. The van der Waals surface area contributed by atoms with Crippen LogP contribution in [-0.2, 0) is 16.1 Å². The fourth-order valence-corrected chi connectivity index (χ4v) is 2.12. The second-order valence-corrected chi connectivity index (χ2v) is 5.09. The Kier molecular flexibility index (Phi) is 5.92. The largest absolute Gasteiger partial charge is 0.481 e. The lowest BCUT2D eigenvalue weighted by Gasteiger charge is -2.17. The molecule has 0 aliphatic carbocycles. The van der Waals surface area contributed by atoms with Crippen LogP contribution in [0.2, 0.25) is 0 Å². The molecule has 0 bridgehead atoms. The van der Waals surface area contributed by atoms with E-state index in [-0.39, 0.29) is 13.0 Å². The molecular formula is C18H16N2O4. The number of carbonyl (C=O) groups excluding carboxylic acids is 1. The van der Waals surface area contributed by atoms with Gasteiger partial charge in [0.2, 0.25) is 0 Å². The number of aliphatic carboxylic acids is 1. The van der Waals surface area contributed by atoms with Crippen LogP contribution in [0.4, 0.5) is 4.79 Å². The summed E-state index contributed by atoms with van der Waals surface area (Å²) in [6.07, 6.45) is -0.985. The van der Waals surface area contributed by atoms with Gasteiger partial charge in [-0.3, -0.25) is 4.79 Å². The van der Waals surface area contributed by atoms with E-state index in [2.05, 4.69) is 5.32 Å². The van der Waals surface area contributed by atoms with E-state index in [9.17, 15) is 9.59 Å². The predicted octanol–water partition coefficient (Wildman–Crippen LogP) is 3.00. The summed E-state index contributed by atoms with van der Waals surface area (Å²) in [4.78, 5) is 22.9. The smallest absolute Gasteiger partial charge is 0.407 e. The number of hydrogen-bond acceptors (Lipinski definition) is 4. The second kappa shape index (κ2) is 8.34. The molecule has 2 rings (SSSR count). The SMILES string of the molecule is N#Cc1ccc([C@H](CC(=O)O)NC(=O)OCc2ccccc2)cc1. The number of benzene rings is 2. The third-order valence-corrected chi connectivity index (χ3v) is 3.33. The molecule has 2 aromatic carbocycles. The van der Waals surface area contributed by atoms with E-state index in [1.54, 1.807) is 24.3 Å². The topological polar surface area (TPSA) is 99.4 Å². The Bertz CT molecular complexity index is 736. The monoisotopic (exact) mass is 324 g/mol. The molecule has 6 nitrogen and oxygen atoms in total. The van der Waals surface area contributed by atoms with Crippen molar-refractivity contribution in [3.05, 3.63) is 71.3 Å². The van der Waals surface area contributed by atoms with E-state index >= 15 is 0 Å². The van der Waals surface area contributed by atoms with Gasteiger partial charge in [0.1, 0.15) is 6.61 Å². The minimum Gasteiger partial charge on any atom is -0.481 e. The van der Waals surface area contributed by atoms with Crippen LogP contribution >= 0.6 is 0 Å². The van der Waals surface area contributed by atoms with E-state index in [0.29, 0.717) is 11.1 Å². The van der Waals surface area contributed by atoms with Crippen molar-refractivity contribution in [3.63, 3.8) is 0 Å². The van der Waals surface area contributed by atoms with E-state index < -0.39 is 18.1 Å². The van der Waals surface area contributed by atoms with Crippen molar-refractivity contribution in [2.45, 2.75) is 19.1 Å². The molecule has 0 spiro atoms. The molecule has 0 aliphatic heterocycles. The first-order valence-electron chi connectivity index (χ1n) is 7.27. The average Bonchev–Trinajstić information content (AvgIpc) is 2.60. The van der Waals surface area contributed by atoms with Gasteiger partial charge < -0.3 is 15.2 Å². The Morgan fingerprint density at radius 1 is 1.12 bits per heavy atom. The number of alkyl carbamates (subject to hydrolysis) is 1. The summed E-state index contributed by atoms with van der Waals surface area (Å²) in [5, 5.41) is 20.4. The summed E-state index contributed by atoms with van der Waals surface area (Å²) >= 11 is 0. The summed E-state index contributed by atoms with van der Waals surface area (Å²) in [6.45, 7) is 0.0971. The summed E-state index contributed by atoms with van der Waals surface area (Å²) < 4.78 is 5.11. The Morgan fingerprint density at radius 2 is 1.79 bits per heavy atom. The molecular weight excluding hydrogens is 308 g/mol. The van der Waals surface area contributed by atoms with Crippen LogP contribution in [0.3, 0.4) is 0 Å². The van der Waals surface area contributed by atoms with Crippen LogP contribution in [0.15, 0.2) is 54.6 Å². The molecule has 0 heterocycles. The highest BCUT2D eigenvalue weighted by Crippen LogP contribution is 2.18. The van der Waals surface area contributed by atoms with Crippen LogP contribution in [0.25, 0.3) is 0 Å². The molecule has 0 aliphatic rings. The molecule has 0 fully saturated rings. The standard InChI is InChI=1S/C18H16N2O4/c19-11-13-6-8-15(9-7-13)16(10-17(21)22)20-18(23)24-12-14-4-2-1-3-5-14/h1-9,16H,10,12H2,(H,20,23)(H,21,22)/t16-/m0/s1. The van der Waals surface area contributed by atoms with Gasteiger partial charge in [-0.15, -0.1) is 0 Å². The van der Waals surface area contributed by atoms with Crippen molar-refractivity contribution < 1.29 is 19.4 Å². The first-order chi connectivity index (χ1) is 11.6. The second-order valence-electron chi connectivity index (χ2n) is 5.09. The zero-order valence-electron chi connectivity index (χ0n) is 12.8. The number of rotatable bonds is 6. The Morgan fingerprint density at radius 3 is 2.38 bits per heavy atom. The van der Waals surface area contributed by atoms with E-state index in [1.807, 2.05) is 36.4 Å². The molecule has 0 saturated carbocycles. The van der Waals surface area contributed by atoms with Crippen molar-refractivity contribution in [1.29, 1.82) is 5.26 Å². The number of nitrogens with one attached hydrogen (secondary N) is 1. The molecule has 24 heavy (non-hydrogen) atoms. The van der Waals surface area contributed by atoms with Crippen molar-refractivity contribution in [3.8, 4) is 6.07 Å². The minimum atomic E-state index is -1.05. The molecule has 2 N–H and O–H groups in total. The average molecular weight is 324 g/mol. The van der Waals surface area contributed by atoms with Crippen molar-refractivity contribution >= 4 is 12.1 Å². The molecule has 0 radical (unpaired) electrons. The molecule has 1 atom stereocenters. The fourth-order valence-electron chi connectivity index (χ4n) is 2.12. The molecule has 0 aromatic heterocycles. The van der Waals surface area contributed by atoms with Crippen molar-refractivity contribution in [2.75, 3.05) is 0 Å². The normalized spacial score (nSPS) is 11.1. The number of amides is 1. The predicted molar refractivity (Wildman–Crippen MR) is 85.9 cm³/mol. The van der Waals surface area contributed by atoms with Gasteiger partial charge in [-0.05, 0) is 23.3 Å². The Balaban J connectivity index is 2.00. The van der Waals surface area contributed by atoms with Crippen LogP contribution in [0.5, 0.6) is 0 Å². The summed E-state index contributed by atoms with van der Waals surface area (Å²) in [5.74, 6) is -1.05. The maximum Gasteiger partial charge on any atom is 0.407 e. The number of nitriles is 1. The number of nitrogens with zero attached hydrogens (tertiary/aromatic N) is 1. The molecule has 2 aromatic rings. The van der Waals surface area contributed by atoms with Gasteiger partial charge >= 0.3 is 12.1 Å². The van der Waals surface area contributed by atoms with Gasteiger partial charge in [-0.1, -0.05) is 42.5 Å². The fraction of sp³-hybridized carbons (Fsp3) is 0.167. The first-order valence-corrected chi connectivity index (χ1v) is 7.27. The van der Waals surface area contributed by atoms with E-state index in [4.69, 9.17) is 15.1 Å². The van der Waals surface area contributed by atoms with Gasteiger partial charge in [0.15, 0.2) is 0 Å². The third-order valence-electron chi connectivity index (χ3n) is 3.33. The zero-order chi connectivity index (χ0) is 17.4. The van der Waals surface area contributed by atoms with E-state index in [0.717, 1.165) is 5.56 Å². The number of carboxylic acids is 1. The zero-order valence-corrected chi connectivity index (χ0v) is 12.8. The molecule has 1 amide bonds. The molecule has 0 unspecified atom stereocenters. The lowest BCUT2D eigenvalue weighted by Crippen LogP contribution is -2.30. The highest BCUT2D eigenvalue weighted by Gasteiger charge is 2.19. The highest BCUT2D eigenvalue weighted by molar-refractivity contribution is 5.72. The number of carbonyl (C=O) groups is 2. The van der Waals surface area contributed by atoms with Crippen LogP contribution < -0.4 is 5.32 Å². The highest BCUT2D eigenvalue weighted by atomic mass is 16.5. The van der Waals surface area contributed by atoms with Crippen LogP contribution in [0, 0.1) is 11.3 Å². The Hall–Kier alpha value is -3.33.